The molecule has 0 spiro atoms. The molecule has 33 heavy (non-hydrogen) atoms. The predicted octanol–water partition coefficient (Wildman–Crippen LogP) is 4.16. The SMILES string of the molecule is COc1ccc(C(=O)OC(C(=O)c2ccccc2)c2ccccc2)cc1S(=O)(=O)NC(C)C. The van der Waals surface area contributed by atoms with Crippen LogP contribution in [0.2, 0.25) is 0 Å². The molecular weight excluding hydrogens is 442 g/mol. The number of esters is 1. The van der Waals surface area contributed by atoms with Crippen molar-refractivity contribution in [1.82, 2.24) is 4.72 Å². The Bertz CT molecular complexity index is 1220. The van der Waals surface area contributed by atoms with E-state index in [0.29, 0.717) is 11.1 Å². The lowest BCUT2D eigenvalue weighted by Gasteiger charge is -2.18. The van der Waals surface area contributed by atoms with E-state index in [2.05, 4.69) is 4.72 Å². The Morgan fingerprint density at radius 2 is 1.45 bits per heavy atom. The Hall–Kier alpha value is -3.49. The van der Waals surface area contributed by atoms with E-state index < -0.39 is 27.9 Å². The summed E-state index contributed by atoms with van der Waals surface area (Å²) in [5.41, 5.74) is 0.863. The largest absolute Gasteiger partial charge is 0.495 e. The minimum Gasteiger partial charge on any atom is -0.495 e. The summed E-state index contributed by atoms with van der Waals surface area (Å²) >= 11 is 0. The van der Waals surface area contributed by atoms with Crippen molar-refractivity contribution in [2.45, 2.75) is 30.9 Å². The molecule has 0 heterocycles. The van der Waals surface area contributed by atoms with E-state index in [1.807, 2.05) is 0 Å². The third-order valence-corrected chi connectivity index (χ3v) is 6.38. The Labute approximate surface area is 193 Å². The Kier molecular flexibility index (Phi) is 7.63. The van der Waals surface area contributed by atoms with Gasteiger partial charge in [0, 0.05) is 17.2 Å². The molecule has 0 saturated carbocycles. The maximum Gasteiger partial charge on any atom is 0.339 e. The highest BCUT2D eigenvalue weighted by molar-refractivity contribution is 7.89. The lowest BCUT2D eigenvalue weighted by molar-refractivity contribution is 0.0279. The molecule has 8 heteroatoms. The molecule has 0 saturated heterocycles. The number of nitrogens with one attached hydrogen (secondary N) is 1. The van der Waals surface area contributed by atoms with Crippen LogP contribution in [0, 0.1) is 0 Å². The summed E-state index contributed by atoms with van der Waals surface area (Å²) in [6.45, 7) is 3.36. The van der Waals surface area contributed by atoms with Crippen molar-refractivity contribution >= 4 is 21.8 Å². The number of ketones is 1. The first-order chi connectivity index (χ1) is 15.7. The summed E-state index contributed by atoms with van der Waals surface area (Å²) in [6.07, 6.45) is -1.20. The van der Waals surface area contributed by atoms with E-state index in [-0.39, 0.29) is 22.3 Å². The van der Waals surface area contributed by atoms with E-state index in [9.17, 15) is 18.0 Å². The zero-order valence-corrected chi connectivity index (χ0v) is 19.3. The molecular formula is C25H25NO6S. The van der Waals surface area contributed by atoms with Gasteiger partial charge < -0.3 is 9.47 Å². The normalized spacial score (nSPS) is 12.2. The number of sulfonamides is 1. The van der Waals surface area contributed by atoms with Crippen molar-refractivity contribution in [2.24, 2.45) is 0 Å². The van der Waals surface area contributed by atoms with Gasteiger partial charge in [-0.3, -0.25) is 4.79 Å². The van der Waals surface area contributed by atoms with Crippen LogP contribution in [0.1, 0.15) is 46.2 Å². The van der Waals surface area contributed by atoms with E-state index in [0.717, 1.165) is 0 Å². The van der Waals surface area contributed by atoms with Gasteiger partial charge in [-0.1, -0.05) is 60.7 Å². The van der Waals surface area contributed by atoms with E-state index in [4.69, 9.17) is 9.47 Å². The van der Waals surface area contributed by atoms with Crippen molar-refractivity contribution in [3.63, 3.8) is 0 Å². The molecule has 0 bridgehead atoms. The molecule has 7 nitrogen and oxygen atoms in total. The Morgan fingerprint density at radius 1 is 0.848 bits per heavy atom. The van der Waals surface area contributed by atoms with Crippen LogP contribution in [-0.2, 0) is 14.8 Å². The van der Waals surface area contributed by atoms with Crippen LogP contribution in [0.4, 0.5) is 0 Å². The first-order valence-electron chi connectivity index (χ1n) is 10.3. The standard InChI is InChI=1S/C25H25NO6S/c1-17(2)26-33(29,30)22-16-20(14-15-21(22)31-3)25(28)32-24(19-12-8-5-9-13-19)23(27)18-10-6-4-7-11-18/h4-17,24,26H,1-3H3. The molecule has 3 aromatic carbocycles. The van der Waals surface area contributed by atoms with Gasteiger partial charge in [-0.25, -0.2) is 17.9 Å². The van der Waals surface area contributed by atoms with Crippen LogP contribution >= 0.6 is 0 Å². The molecule has 3 rings (SSSR count). The molecule has 1 atom stereocenters. The van der Waals surface area contributed by atoms with Crippen molar-refractivity contribution in [1.29, 1.82) is 0 Å². The van der Waals surface area contributed by atoms with Crippen LogP contribution in [0.5, 0.6) is 5.75 Å². The number of hydrogen-bond acceptors (Lipinski definition) is 6. The topological polar surface area (TPSA) is 98.8 Å². The van der Waals surface area contributed by atoms with Gasteiger partial charge in [0.1, 0.15) is 10.6 Å². The van der Waals surface area contributed by atoms with E-state index in [1.54, 1.807) is 74.5 Å². The van der Waals surface area contributed by atoms with Crippen LogP contribution < -0.4 is 9.46 Å². The van der Waals surface area contributed by atoms with Crippen molar-refractivity contribution < 1.29 is 27.5 Å². The third kappa shape index (κ3) is 5.85. The van der Waals surface area contributed by atoms with Gasteiger partial charge in [-0.05, 0) is 32.0 Å². The van der Waals surface area contributed by atoms with Gasteiger partial charge >= 0.3 is 5.97 Å². The second-order valence-corrected chi connectivity index (χ2v) is 9.25. The lowest BCUT2D eigenvalue weighted by atomic mass is 10.00. The number of rotatable bonds is 9. The first kappa shape index (κ1) is 24.2. The lowest BCUT2D eigenvalue weighted by Crippen LogP contribution is -2.30. The van der Waals surface area contributed by atoms with Gasteiger partial charge in [0.25, 0.3) is 0 Å². The predicted molar refractivity (Wildman–Crippen MR) is 124 cm³/mol. The summed E-state index contributed by atoms with van der Waals surface area (Å²) in [4.78, 5) is 26.0. The summed E-state index contributed by atoms with van der Waals surface area (Å²) < 4.78 is 38.7. The van der Waals surface area contributed by atoms with Gasteiger partial charge in [-0.2, -0.15) is 0 Å². The zero-order valence-electron chi connectivity index (χ0n) is 18.5. The maximum atomic E-state index is 13.2. The van der Waals surface area contributed by atoms with Crippen molar-refractivity contribution in [2.75, 3.05) is 7.11 Å². The number of benzene rings is 3. The van der Waals surface area contributed by atoms with E-state index in [1.165, 1.54) is 25.3 Å². The molecule has 0 aliphatic heterocycles. The molecule has 1 N–H and O–H groups in total. The number of carbonyl (C=O) groups is 2. The van der Waals surface area contributed by atoms with Crippen molar-refractivity contribution in [3.05, 3.63) is 95.6 Å². The smallest absolute Gasteiger partial charge is 0.339 e. The molecule has 0 aromatic heterocycles. The van der Waals surface area contributed by atoms with Crippen molar-refractivity contribution in [3.8, 4) is 5.75 Å². The Balaban J connectivity index is 1.97. The summed E-state index contributed by atoms with van der Waals surface area (Å²) in [6, 6.07) is 20.7. The van der Waals surface area contributed by atoms with Gasteiger partial charge in [0.05, 0.1) is 12.7 Å². The van der Waals surface area contributed by atoms with Crippen LogP contribution in [0.3, 0.4) is 0 Å². The molecule has 0 aliphatic rings. The molecule has 0 radical (unpaired) electrons. The van der Waals surface area contributed by atoms with Crippen LogP contribution in [-0.4, -0.2) is 33.3 Å². The highest BCUT2D eigenvalue weighted by atomic mass is 32.2. The number of Topliss-reactive ketones (excluding diaryl/α,β-unsaturated/α-hetero) is 1. The average molecular weight is 468 g/mol. The third-order valence-electron chi connectivity index (χ3n) is 4.70. The average Bonchev–Trinajstić information content (AvgIpc) is 2.82. The van der Waals surface area contributed by atoms with Gasteiger partial charge in [0.15, 0.2) is 6.10 Å². The molecule has 3 aromatic rings. The quantitative estimate of drug-likeness (QED) is 0.375. The van der Waals surface area contributed by atoms with Gasteiger partial charge in [-0.15, -0.1) is 0 Å². The molecule has 0 amide bonds. The minimum atomic E-state index is -3.95. The fraction of sp³-hybridized carbons (Fsp3) is 0.200. The molecule has 0 fully saturated rings. The Morgan fingerprint density at radius 3 is 2.03 bits per heavy atom. The highest BCUT2D eigenvalue weighted by Gasteiger charge is 2.28. The second-order valence-electron chi connectivity index (χ2n) is 7.57. The van der Waals surface area contributed by atoms with Crippen LogP contribution in [0.25, 0.3) is 0 Å². The molecule has 172 valence electrons. The fourth-order valence-electron chi connectivity index (χ4n) is 3.22. The number of ether oxygens (including phenoxy) is 2. The monoisotopic (exact) mass is 467 g/mol. The van der Waals surface area contributed by atoms with E-state index >= 15 is 0 Å². The number of hydrogen-bond donors (Lipinski definition) is 1. The second kappa shape index (κ2) is 10.4. The first-order valence-corrected chi connectivity index (χ1v) is 11.8. The number of carbonyl (C=O) groups excluding carboxylic acids is 2. The maximum absolute atomic E-state index is 13.2. The highest BCUT2D eigenvalue weighted by Crippen LogP contribution is 2.28. The molecule has 1 unspecified atom stereocenters. The van der Waals surface area contributed by atoms with Gasteiger partial charge in [0.2, 0.25) is 15.8 Å². The fourth-order valence-corrected chi connectivity index (χ4v) is 4.66. The molecule has 0 aliphatic carbocycles. The summed E-state index contributed by atoms with van der Waals surface area (Å²) in [5, 5.41) is 0. The zero-order chi connectivity index (χ0) is 24.0. The summed E-state index contributed by atoms with van der Waals surface area (Å²) in [7, 11) is -2.61. The number of methoxy groups -OCH3 is 1. The minimum absolute atomic E-state index is 0.0262. The summed E-state index contributed by atoms with van der Waals surface area (Å²) in [5.74, 6) is -1.14. The van der Waals surface area contributed by atoms with Crippen LogP contribution in [0.15, 0.2) is 83.8 Å².